The quantitative estimate of drug-likeness (QED) is 0.675. The number of hydrogen-bond donors (Lipinski definition) is 2. The molecule has 2 atom stereocenters. The Balaban J connectivity index is 4.00. The molecule has 0 aromatic heterocycles. The maximum absolute atomic E-state index is 11.5. The zero-order chi connectivity index (χ0) is 12.7. The van der Waals surface area contributed by atoms with Crippen molar-refractivity contribution in [3.63, 3.8) is 0 Å². The molecule has 0 aliphatic heterocycles. The van der Waals surface area contributed by atoms with Crippen molar-refractivity contribution in [2.24, 2.45) is 0 Å². The highest BCUT2D eigenvalue weighted by Crippen LogP contribution is 1.97. The van der Waals surface area contributed by atoms with E-state index in [1.54, 1.807) is 14.0 Å². The van der Waals surface area contributed by atoms with E-state index in [2.05, 4.69) is 12.2 Å². The van der Waals surface area contributed by atoms with Crippen LogP contribution in [0.15, 0.2) is 0 Å². The molecule has 0 aromatic carbocycles. The summed E-state index contributed by atoms with van der Waals surface area (Å²) in [4.78, 5) is 23.7. The third kappa shape index (κ3) is 5.70. The highest BCUT2D eigenvalue weighted by atomic mass is 16.4. The highest BCUT2D eigenvalue weighted by molar-refractivity contribution is 5.79. The second-order valence-corrected chi connectivity index (χ2v) is 4.19. The fourth-order valence-corrected chi connectivity index (χ4v) is 1.38. The van der Waals surface area contributed by atoms with Crippen LogP contribution in [0.3, 0.4) is 0 Å². The Bertz CT molecular complexity index is 243. The van der Waals surface area contributed by atoms with Gasteiger partial charge in [-0.3, -0.25) is 14.5 Å². The number of aliphatic carboxylic acids is 1. The number of carboxylic acids is 1. The van der Waals surface area contributed by atoms with Gasteiger partial charge in [0.05, 0.1) is 6.54 Å². The van der Waals surface area contributed by atoms with Gasteiger partial charge in [0, 0.05) is 6.04 Å². The minimum atomic E-state index is -0.920. The number of nitrogens with one attached hydrogen (secondary N) is 1. The van der Waals surface area contributed by atoms with Crippen molar-refractivity contribution in [3.8, 4) is 0 Å². The minimum Gasteiger partial charge on any atom is -0.480 e. The number of nitrogens with zero attached hydrogens (tertiary/aromatic N) is 1. The number of amides is 1. The molecule has 0 radical (unpaired) electrons. The van der Waals surface area contributed by atoms with Gasteiger partial charge in [0.1, 0.15) is 6.04 Å². The van der Waals surface area contributed by atoms with E-state index in [1.165, 1.54) is 4.90 Å². The summed E-state index contributed by atoms with van der Waals surface area (Å²) >= 11 is 0. The van der Waals surface area contributed by atoms with Crippen molar-refractivity contribution in [3.05, 3.63) is 0 Å². The Labute approximate surface area is 96.8 Å². The molecule has 1 amide bonds. The first-order chi connectivity index (χ1) is 7.38. The fraction of sp³-hybridized carbons (Fsp3) is 0.818. The van der Waals surface area contributed by atoms with Crippen LogP contribution in [0.5, 0.6) is 0 Å². The summed E-state index contributed by atoms with van der Waals surface area (Å²) < 4.78 is 0. The lowest BCUT2D eigenvalue weighted by atomic mass is 10.2. The van der Waals surface area contributed by atoms with Gasteiger partial charge in [0.2, 0.25) is 5.91 Å². The summed E-state index contributed by atoms with van der Waals surface area (Å²) in [6.07, 6.45) is 1.95. The van der Waals surface area contributed by atoms with Gasteiger partial charge in [-0.25, -0.2) is 0 Å². The normalized spacial score (nSPS) is 14.6. The van der Waals surface area contributed by atoms with Gasteiger partial charge in [-0.15, -0.1) is 0 Å². The van der Waals surface area contributed by atoms with Gasteiger partial charge >= 0.3 is 5.97 Å². The summed E-state index contributed by atoms with van der Waals surface area (Å²) in [6.45, 7) is 5.68. The van der Waals surface area contributed by atoms with Crippen LogP contribution in [0.4, 0.5) is 0 Å². The molecule has 94 valence electrons. The number of carboxylic acid groups (broad SMARTS) is 1. The fourth-order valence-electron chi connectivity index (χ4n) is 1.38. The van der Waals surface area contributed by atoms with E-state index < -0.39 is 12.0 Å². The summed E-state index contributed by atoms with van der Waals surface area (Å²) in [6, 6.07) is -0.502. The van der Waals surface area contributed by atoms with E-state index in [-0.39, 0.29) is 18.5 Å². The van der Waals surface area contributed by atoms with Gasteiger partial charge in [0.15, 0.2) is 0 Å². The lowest BCUT2D eigenvalue weighted by Gasteiger charge is -2.21. The summed E-state index contributed by atoms with van der Waals surface area (Å²) in [5, 5.41) is 11.6. The van der Waals surface area contributed by atoms with E-state index in [1.807, 2.05) is 6.92 Å². The monoisotopic (exact) mass is 230 g/mol. The molecule has 0 aliphatic rings. The molecule has 0 saturated carbocycles. The first-order valence-corrected chi connectivity index (χ1v) is 5.60. The van der Waals surface area contributed by atoms with Crippen molar-refractivity contribution in [1.29, 1.82) is 0 Å². The number of likely N-dealkylation sites (N-methyl/N-ethyl adjacent to an activating group) is 1. The zero-order valence-electron chi connectivity index (χ0n) is 10.5. The Morgan fingerprint density at radius 3 is 2.38 bits per heavy atom. The molecule has 0 aliphatic carbocycles. The Morgan fingerprint density at radius 1 is 1.38 bits per heavy atom. The standard InChI is InChI=1S/C11H22N2O3/c1-5-6-8(2)12-10(14)7-13(4)9(3)11(15)16/h8-9H,5-7H2,1-4H3,(H,12,14)(H,15,16). The molecule has 0 fully saturated rings. The van der Waals surface area contributed by atoms with Crippen LogP contribution in [0.2, 0.25) is 0 Å². The third-order valence-corrected chi connectivity index (χ3v) is 2.54. The second kappa shape index (κ2) is 7.22. The first kappa shape index (κ1) is 14.9. The van der Waals surface area contributed by atoms with E-state index in [9.17, 15) is 9.59 Å². The van der Waals surface area contributed by atoms with Crippen LogP contribution < -0.4 is 5.32 Å². The first-order valence-electron chi connectivity index (χ1n) is 5.60. The van der Waals surface area contributed by atoms with Crippen LogP contribution in [0, 0.1) is 0 Å². The largest absolute Gasteiger partial charge is 0.480 e. The van der Waals surface area contributed by atoms with Crippen molar-refractivity contribution in [1.82, 2.24) is 10.2 Å². The predicted octanol–water partition coefficient (Wildman–Crippen LogP) is 0.696. The van der Waals surface area contributed by atoms with E-state index in [0.29, 0.717) is 0 Å². The van der Waals surface area contributed by atoms with Crippen LogP contribution in [0.1, 0.15) is 33.6 Å². The van der Waals surface area contributed by atoms with Gasteiger partial charge in [-0.1, -0.05) is 13.3 Å². The maximum Gasteiger partial charge on any atom is 0.320 e. The third-order valence-electron chi connectivity index (χ3n) is 2.54. The molecule has 0 rings (SSSR count). The molecule has 0 aromatic rings. The highest BCUT2D eigenvalue weighted by Gasteiger charge is 2.19. The average Bonchev–Trinajstić information content (AvgIpc) is 2.16. The molecule has 2 N–H and O–H groups in total. The smallest absolute Gasteiger partial charge is 0.320 e. The SMILES string of the molecule is CCCC(C)NC(=O)CN(C)C(C)C(=O)O. The lowest BCUT2D eigenvalue weighted by Crippen LogP contribution is -2.44. The van der Waals surface area contributed by atoms with Crippen molar-refractivity contribution >= 4 is 11.9 Å². The van der Waals surface area contributed by atoms with Crippen LogP contribution in [-0.2, 0) is 9.59 Å². The van der Waals surface area contributed by atoms with E-state index in [0.717, 1.165) is 12.8 Å². The molecule has 0 heterocycles. The number of carbonyl (C=O) groups is 2. The molecule has 0 spiro atoms. The molecule has 2 unspecified atom stereocenters. The summed E-state index contributed by atoms with van der Waals surface area (Å²) in [7, 11) is 1.63. The molecule has 5 nitrogen and oxygen atoms in total. The molecule has 16 heavy (non-hydrogen) atoms. The maximum atomic E-state index is 11.5. The number of carbonyl (C=O) groups excluding carboxylic acids is 1. The van der Waals surface area contributed by atoms with Gasteiger partial charge < -0.3 is 10.4 Å². The Kier molecular flexibility index (Phi) is 6.72. The zero-order valence-corrected chi connectivity index (χ0v) is 10.5. The van der Waals surface area contributed by atoms with Crippen molar-refractivity contribution < 1.29 is 14.7 Å². The second-order valence-electron chi connectivity index (χ2n) is 4.19. The van der Waals surface area contributed by atoms with Crippen molar-refractivity contribution in [2.45, 2.75) is 45.7 Å². The molecule has 5 heteroatoms. The lowest BCUT2D eigenvalue weighted by molar-refractivity contribution is -0.142. The van der Waals surface area contributed by atoms with Crippen molar-refractivity contribution in [2.75, 3.05) is 13.6 Å². The Morgan fingerprint density at radius 2 is 1.94 bits per heavy atom. The van der Waals surface area contributed by atoms with Gasteiger partial charge in [0.25, 0.3) is 0 Å². The van der Waals surface area contributed by atoms with Crippen LogP contribution in [0.25, 0.3) is 0 Å². The molecular weight excluding hydrogens is 208 g/mol. The summed E-state index contributed by atoms with van der Waals surface area (Å²) in [5.74, 6) is -1.05. The van der Waals surface area contributed by atoms with Gasteiger partial charge in [-0.2, -0.15) is 0 Å². The molecule has 0 saturated heterocycles. The predicted molar refractivity (Wildman–Crippen MR) is 62.2 cm³/mol. The minimum absolute atomic E-state index is 0.113. The van der Waals surface area contributed by atoms with E-state index in [4.69, 9.17) is 5.11 Å². The van der Waals surface area contributed by atoms with Gasteiger partial charge in [-0.05, 0) is 27.3 Å². The topological polar surface area (TPSA) is 69.6 Å². The molecular formula is C11H22N2O3. The molecule has 0 bridgehead atoms. The van der Waals surface area contributed by atoms with Crippen LogP contribution >= 0.6 is 0 Å². The number of hydrogen-bond acceptors (Lipinski definition) is 3. The average molecular weight is 230 g/mol. The summed E-state index contributed by atoms with van der Waals surface area (Å²) in [5.41, 5.74) is 0. The van der Waals surface area contributed by atoms with Crippen LogP contribution in [-0.4, -0.2) is 47.6 Å². The van der Waals surface area contributed by atoms with E-state index >= 15 is 0 Å². The Hall–Kier alpha value is -1.10. The number of rotatable bonds is 7.